The number of nitro groups is 1. The maximum Gasteiger partial charge on any atom is 0.318 e. The molecule has 0 aliphatic heterocycles. The minimum atomic E-state index is -0.531. The van der Waals surface area contributed by atoms with Crippen LogP contribution in [0.3, 0.4) is 0 Å². The standard InChI is InChI=1S/C27H47NO4/c1-4-7-10-13-16-19-22-23(20-17-14-11-8-5-2)25(28(31)32)27(30)26(29)24(22)21-18-15-12-9-6-3/h29-30H,4-21H2,1-3H3. The summed E-state index contributed by atoms with van der Waals surface area (Å²) in [5.41, 5.74) is 2.09. The number of phenols is 2. The largest absolute Gasteiger partial charge is 0.504 e. The Balaban J connectivity index is 3.19. The lowest BCUT2D eigenvalue weighted by Crippen LogP contribution is -2.07. The van der Waals surface area contributed by atoms with Crippen LogP contribution in [-0.2, 0) is 19.3 Å². The fourth-order valence-corrected chi connectivity index (χ4v) is 4.62. The average molecular weight is 450 g/mol. The number of unbranched alkanes of at least 4 members (excludes halogenated alkanes) is 12. The molecule has 1 aromatic rings. The first kappa shape index (κ1) is 28.3. The summed E-state index contributed by atoms with van der Waals surface area (Å²) in [6.45, 7) is 6.55. The molecule has 5 nitrogen and oxygen atoms in total. The quantitative estimate of drug-likeness (QED) is 0.0959. The molecule has 1 rings (SSSR count). The van der Waals surface area contributed by atoms with Crippen LogP contribution in [0.1, 0.15) is 134 Å². The van der Waals surface area contributed by atoms with Crippen molar-refractivity contribution in [3.05, 3.63) is 26.8 Å². The molecule has 0 unspecified atom stereocenters. The van der Waals surface area contributed by atoms with E-state index in [0.29, 0.717) is 18.4 Å². The maximum atomic E-state index is 11.9. The number of phenolic OH excluding ortho intramolecular Hbond substituents is 2. The molecule has 0 heterocycles. The van der Waals surface area contributed by atoms with Crippen molar-refractivity contribution in [1.82, 2.24) is 0 Å². The molecule has 0 aliphatic rings. The summed E-state index contributed by atoms with van der Waals surface area (Å²) < 4.78 is 0. The van der Waals surface area contributed by atoms with Gasteiger partial charge in [0.2, 0.25) is 5.75 Å². The smallest absolute Gasteiger partial charge is 0.318 e. The highest BCUT2D eigenvalue weighted by molar-refractivity contribution is 5.66. The van der Waals surface area contributed by atoms with Crippen molar-refractivity contribution in [2.75, 3.05) is 0 Å². The molecule has 0 radical (unpaired) electrons. The predicted molar refractivity (Wildman–Crippen MR) is 134 cm³/mol. The molecule has 2 N–H and O–H groups in total. The van der Waals surface area contributed by atoms with Crippen molar-refractivity contribution >= 4 is 5.69 Å². The summed E-state index contributed by atoms with van der Waals surface area (Å²) in [4.78, 5) is 11.4. The normalized spacial score (nSPS) is 11.2. The van der Waals surface area contributed by atoms with E-state index in [1.54, 1.807) is 0 Å². The lowest BCUT2D eigenvalue weighted by Gasteiger charge is -2.19. The van der Waals surface area contributed by atoms with Crippen molar-refractivity contribution in [2.45, 2.75) is 136 Å². The number of aromatic hydroxyl groups is 2. The molecule has 1 aromatic carbocycles. The van der Waals surface area contributed by atoms with Gasteiger partial charge < -0.3 is 10.2 Å². The van der Waals surface area contributed by atoms with Gasteiger partial charge in [-0.3, -0.25) is 10.1 Å². The van der Waals surface area contributed by atoms with Gasteiger partial charge in [-0.1, -0.05) is 97.8 Å². The zero-order chi connectivity index (χ0) is 23.8. The van der Waals surface area contributed by atoms with Gasteiger partial charge >= 0.3 is 5.69 Å². The molecule has 0 saturated carbocycles. The molecule has 0 fully saturated rings. The van der Waals surface area contributed by atoms with Crippen LogP contribution in [-0.4, -0.2) is 15.1 Å². The van der Waals surface area contributed by atoms with E-state index in [0.717, 1.165) is 75.3 Å². The van der Waals surface area contributed by atoms with Gasteiger partial charge in [-0.25, -0.2) is 0 Å². The molecule has 0 amide bonds. The van der Waals surface area contributed by atoms with Crippen LogP contribution in [0, 0.1) is 10.1 Å². The van der Waals surface area contributed by atoms with E-state index in [1.165, 1.54) is 38.5 Å². The highest BCUT2D eigenvalue weighted by Crippen LogP contribution is 2.45. The second-order valence-electron chi connectivity index (χ2n) is 9.23. The summed E-state index contributed by atoms with van der Waals surface area (Å²) in [6, 6.07) is 0. The molecular formula is C27H47NO4. The third-order valence-corrected chi connectivity index (χ3v) is 6.52. The Hall–Kier alpha value is -1.78. The number of rotatable bonds is 19. The zero-order valence-electron chi connectivity index (χ0n) is 20.9. The number of nitro benzene ring substituents is 1. The second kappa shape index (κ2) is 16.8. The van der Waals surface area contributed by atoms with Crippen molar-refractivity contribution in [1.29, 1.82) is 0 Å². The third-order valence-electron chi connectivity index (χ3n) is 6.52. The van der Waals surface area contributed by atoms with Crippen LogP contribution in [0.15, 0.2) is 0 Å². The molecule has 184 valence electrons. The van der Waals surface area contributed by atoms with E-state index in [4.69, 9.17) is 0 Å². The maximum absolute atomic E-state index is 11.9. The van der Waals surface area contributed by atoms with Crippen LogP contribution in [0.5, 0.6) is 11.5 Å². The zero-order valence-corrected chi connectivity index (χ0v) is 20.9. The van der Waals surface area contributed by atoms with Crippen molar-refractivity contribution < 1.29 is 15.1 Å². The number of benzene rings is 1. The van der Waals surface area contributed by atoms with E-state index in [1.807, 2.05) is 0 Å². The molecule has 0 aliphatic carbocycles. The summed E-state index contributed by atoms with van der Waals surface area (Å²) in [6.07, 6.45) is 18.5. The fraction of sp³-hybridized carbons (Fsp3) is 0.778. The molecular weight excluding hydrogens is 402 g/mol. The lowest BCUT2D eigenvalue weighted by atomic mass is 9.87. The van der Waals surface area contributed by atoms with E-state index in [-0.39, 0.29) is 11.4 Å². The monoisotopic (exact) mass is 449 g/mol. The van der Waals surface area contributed by atoms with Crippen molar-refractivity contribution in [3.8, 4) is 11.5 Å². The number of hydrogen-bond donors (Lipinski definition) is 2. The van der Waals surface area contributed by atoms with E-state index in [9.17, 15) is 20.3 Å². The lowest BCUT2D eigenvalue weighted by molar-refractivity contribution is -0.386. The van der Waals surface area contributed by atoms with E-state index >= 15 is 0 Å². The topological polar surface area (TPSA) is 83.6 Å². The summed E-state index contributed by atoms with van der Waals surface area (Å²) in [7, 11) is 0. The Morgan fingerprint density at radius 1 is 0.562 bits per heavy atom. The Morgan fingerprint density at radius 3 is 1.34 bits per heavy atom. The molecule has 0 saturated heterocycles. The SMILES string of the molecule is CCCCCCCc1c(O)c(O)c([N+](=O)[O-])c(CCCCCCC)c1CCCCCCC. The molecule has 5 heteroatoms. The second-order valence-corrected chi connectivity index (χ2v) is 9.23. The van der Waals surface area contributed by atoms with Crippen LogP contribution in [0.2, 0.25) is 0 Å². The molecule has 0 bridgehead atoms. The van der Waals surface area contributed by atoms with Crippen LogP contribution in [0.25, 0.3) is 0 Å². The predicted octanol–water partition coefficient (Wildman–Crippen LogP) is 8.54. The highest BCUT2D eigenvalue weighted by atomic mass is 16.6. The molecule has 32 heavy (non-hydrogen) atoms. The Kier molecular flexibility index (Phi) is 14.8. The van der Waals surface area contributed by atoms with Gasteiger partial charge in [0, 0.05) is 11.1 Å². The molecule has 0 atom stereocenters. The van der Waals surface area contributed by atoms with Gasteiger partial charge in [-0.15, -0.1) is 0 Å². The first-order valence-electron chi connectivity index (χ1n) is 13.2. The summed E-state index contributed by atoms with van der Waals surface area (Å²) in [5.74, 6) is -0.790. The summed E-state index contributed by atoms with van der Waals surface area (Å²) in [5, 5.41) is 33.2. The van der Waals surface area contributed by atoms with Crippen molar-refractivity contribution in [3.63, 3.8) is 0 Å². The van der Waals surface area contributed by atoms with E-state index < -0.39 is 10.7 Å². The van der Waals surface area contributed by atoms with Crippen molar-refractivity contribution in [2.24, 2.45) is 0 Å². The third kappa shape index (κ3) is 9.38. The number of nitrogens with zero attached hydrogens (tertiary/aromatic N) is 1. The number of hydrogen-bond acceptors (Lipinski definition) is 4. The first-order chi connectivity index (χ1) is 15.5. The average Bonchev–Trinajstić information content (AvgIpc) is 2.77. The van der Waals surface area contributed by atoms with Gasteiger partial charge in [-0.05, 0) is 44.1 Å². The van der Waals surface area contributed by atoms with Gasteiger partial charge in [0.25, 0.3) is 0 Å². The van der Waals surface area contributed by atoms with Crippen LogP contribution >= 0.6 is 0 Å². The highest BCUT2D eigenvalue weighted by Gasteiger charge is 2.30. The van der Waals surface area contributed by atoms with Crippen LogP contribution in [0.4, 0.5) is 5.69 Å². The van der Waals surface area contributed by atoms with Gasteiger partial charge in [0.15, 0.2) is 5.75 Å². The molecule has 0 aromatic heterocycles. The fourth-order valence-electron chi connectivity index (χ4n) is 4.62. The van der Waals surface area contributed by atoms with Gasteiger partial charge in [0.1, 0.15) is 0 Å². The van der Waals surface area contributed by atoms with Gasteiger partial charge in [0.05, 0.1) is 4.92 Å². The van der Waals surface area contributed by atoms with Crippen LogP contribution < -0.4 is 0 Å². The Labute approximate surface area is 195 Å². The van der Waals surface area contributed by atoms with Gasteiger partial charge in [-0.2, -0.15) is 0 Å². The first-order valence-corrected chi connectivity index (χ1v) is 13.2. The Bertz CT molecular complexity index is 672. The minimum Gasteiger partial charge on any atom is -0.504 e. The molecule has 0 spiro atoms. The minimum absolute atomic E-state index is 0.259. The summed E-state index contributed by atoms with van der Waals surface area (Å²) >= 11 is 0. The van der Waals surface area contributed by atoms with E-state index in [2.05, 4.69) is 20.8 Å². The Morgan fingerprint density at radius 2 is 0.938 bits per heavy atom.